The minimum absolute atomic E-state index is 0.0223. The van der Waals surface area contributed by atoms with Gasteiger partial charge in [0.1, 0.15) is 11.2 Å². The van der Waals surface area contributed by atoms with Crippen molar-refractivity contribution in [2.24, 2.45) is 0 Å². The number of carbonyl (C=O) groups is 3. The number of amides is 4. The number of aryl methyl sites for hydroxylation is 2. The number of imide groups is 1. The van der Waals surface area contributed by atoms with E-state index in [1.54, 1.807) is 13.8 Å². The number of nitrogens with one attached hydrogen (secondary N) is 2. The lowest BCUT2D eigenvalue weighted by Crippen LogP contribution is -2.49. The number of rotatable bonds is 5. The molecular formula is C18H19N5O3. The lowest BCUT2D eigenvalue weighted by atomic mass is 9.93. The first-order valence-corrected chi connectivity index (χ1v) is 8.19. The molecule has 8 heteroatoms. The minimum atomic E-state index is -1.08. The van der Waals surface area contributed by atoms with Crippen molar-refractivity contribution in [1.29, 1.82) is 0 Å². The second kappa shape index (κ2) is 6.91. The molecule has 1 saturated heterocycles. The van der Waals surface area contributed by atoms with Crippen molar-refractivity contribution in [3.05, 3.63) is 59.7 Å². The van der Waals surface area contributed by atoms with E-state index in [0.29, 0.717) is 23.5 Å². The van der Waals surface area contributed by atoms with Crippen LogP contribution in [-0.2, 0) is 11.2 Å². The highest BCUT2D eigenvalue weighted by Gasteiger charge is 2.48. The van der Waals surface area contributed by atoms with Gasteiger partial charge >= 0.3 is 6.03 Å². The van der Waals surface area contributed by atoms with Crippen LogP contribution in [0.2, 0.25) is 0 Å². The van der Waals surface area contributed by atoms with Crippen molar-refractivity contribution in [2.75, 3.05) is 0 Å². The molecule has 1 aromatic carbocycles. The molecule has 26 heavy (non-hydrogen) atoms. The fraction of sp³-hybridized carbons (Fsp3) is 0.278. The first kappa shape index (κ1) is 17.5. The quantitative estimate of drug-likeness (QED) is 0.790. The third-order valence-corrected chi connectivity index (χ3v) is 4.24. The maximum Gasteiger partial charge on any atom is 0.344 e. The number of aromatic nitrogens is 2. The van der Waals surface area contributed by atoms with Crippen molar-refractivity contribution in [3.63, 3.8) is 0 Å². The van der Waals surface area contributed by atoms with Crippen LogP contribution in [-0.4, -0.2) is 38.4 Å². The smallest absolute Gasteiger partial charge is 0.322 e. The zero-order valence-corrected chi connectivity index (χ0v) is 14.5. The molecule has 1 atom stereocenters. The van der Waals surface area contributed by atoms with Crippen LogP contribution >= 0.6 is 0 Å². The molecule has 1 aliphatic heterocycles. The van der Waals surface area contributed by atoms with Crippen LogP contribution < -0.4 is 10.7 Å². The Morgan fingerprint density at radius 1 is 1.19 bits per heavy atom. The molecule has 2 N–H and O–H groups in total. The zero-order chi connectivity index (χ0) is 18.7. The molecule has 3 rings (SSSR count). The normalized spacial score (nSPS) is 19.4. The van der Waals surface area contributed by atoms with E-state index in [0.717, 1.165) is 5.56 Å². The molecular weight excluding hydrogens is 334 g/mol. The van der Waals surface area contributed by atoms with Crippen LogP contribution in [0.25, 0.3) is 0 Å². The van der Waals surface area contributed by atoms with Gasteiger partial charge in [-0.1, -0.05) is 30.3 Å². The lowest BCUT2D eigenvalue weighted by molar-refractivity contribution is -0.132. The minimum Gasteiger partial charge on any atom is -0.322 e. The second-order valence-corrected chi connectivity index (χ2v) is 6.37. The summed E-state index contributed by atoms with van der Waals surface area (Å²) >= 11 is 0. The Morgan fingerprint density at radius 2 is 1.92 bits per heavy atom. The molecule has 1 aromatic heterocycles. The van der Waals surface area contributed by atoms with E-state index < -0.39 is 23.4 Å². The predicted octanol–water partition coefficient (Wildman–Crippen LogP) is 1.37. The summed E-state index contributed by atoms with van der Waals surface area (Å²) in [5, 5.41) is 3.36. The molecule has 1 fully saturated rings. The van der Waals surface area contributed by atoms with Crippen molar-refractivity contribution in [1.82, 2.24) is 25.7 Å². The van der Waals surface area contributed by atoms with Crippen LogP contribution in [0.15, 0.2) is 42.7 Å². The monoisotopic (exact) mass is 353 g/mol. The number of hydrogen-bond acceptors (Lipinski definition) is 5. The average Bonchev–Trinajstić information content (AvgIpc) is 2.85. The van der Waals surface area contributed by atoms with E-state index in [4.69, 9.17) is 0 Å². The molecule has 1 aliphatic rings. The van der Waals surface area contributed by atoms with Gasteiger partial charge in [-0.25, -0.2) is 9.78 Å². The molecule has 0 saturated carbocycles. The highest BCUT2D eigenvalue weighted by atomic mass is 16.2. The molecule has 0 bridgehead atoms. The Bertz CT molecular complexity index is 838. The van der Waals surface area contributed by atoms with Gasteiger partial charge in [0.25, 0.3) is 11.8 Å². The van der Waals surface area contributed by atoms with Crippen LogP contribution in [0.3, 0.4) is 0 Å². The van der Waals surface area contributed by atoms with Crippen LogP contribution in [0, 0.1) is 6.92 Å². The maximum atomic E-state index is 12.7. The Labute approximate surface area is 150 Å². The van der Waals surface area contributed by atoms with Gasteiger partial charge < -0.3 is 5.32 Å². The first-order valence-electron chi connectivity index (χ1n) is 8.19. The van der Waals surface area contributed by atoms with Crippen molar-refractivity contribution < 1.29 is 14.4 Å². The maximum absolute atomic E-state index is 12.7. The van der Waals surface area contributed by atoms with Gasteiger partial charge in [0.15, 0.2) is 0 Å². The van der Waals surface area contributed by atoms with Crippen molar-refractivity contribution in [3.8, 4) is 0 Å². The molecule has 4 amide bonds. The van der Waals surface area contributed by atoms with E-state index >= 15 is 0 Å². The van der Waals surface area contributed by atoms with Crippen LogP contribution in [0.4, 0.5) is 4.79 Å². The van der Waals surface area contributed by atoms with Crippen LogP contribution in [0.1, 0.15) is 35.1 Å². The Kier molecular flexibility index (Phi) is 4.66. The number of hydrazine groups is 1. The summed E-state index contributed by atoms with van der Waals surface area (Å²) in [6.45, 7) is 3.39. The molecule has 0 radical (unpaired) electrons. The third-order valence-electron chi connectivity index (χ3n) is 4.24. The summed E-state index contributed by atoms with van der Waals surface area (Å²) in [6, 6.07) is 9.00. The van der Waals surface area contributed by atoms with E-state index in [1.807, 2.05) is 30.3 Å². The van der Waals surface area contributed by atoms with Gasteiger partial charge in [-0.05, 0) is 32.3 Å². The summed E-state index contributed by atoms with van der Waals surface area (Å²) in [5.74, 6) is -1.18. The van der Waals surface area contributed by atoms with Crippen molar-refractivity contribution >= 4 is 17.8 Å². The van der Waals surface area contributed by atoms with Gasteiger partial charge in [0.2, 0.25) is 0 Å². The topological polar surface area (TPSA) is 104 Å². The third kappa shape index (κ3) is 3.53. The number of hydrogen-bond donors (Lipinski definition) is 2. The molecule has 2 heterocycles. The largest absolute Gasteiger partial charge is 0.344 e. The molecule has 1 unspecified atom stereocenters. The first-order chi connectivity index (χ1) is 12.4. The van der Waals surface area contributed by atoms with Gasteiger partial charge in [0.05, 0.1) is 11.9 Å². The Balaban J connectivity index is 1.67. The van der Waals surface area contributed by atoms with Gasteiger partial charge in [-0.3, -0.25) is 20.0 Å². The van der Waals surface area contributed by atoms with Gasteiger partial charge in [-0.2, -0.15) is 5.01 Å². The summed E-state index contributed by atoms with van der Waals surface area (Å²) < 4.78 is 0. The highest BCUT2D eigenvalue weighted by molar-refractivity contribution is 6.08. The summed E-state index contributed by atoms with van der Waals surface area (Å²) in [4.78, 5) is 45.0. The van der Waals surface area contributed by atoms with Gasteiger partial charge in [0, 0.05) is 6.20 Å². The second-order valence-electron chi connectivity index (χ2n) is 6.37. The van der Waals surface area contributed by atoms with E-state index in [9.17, 15) is 14.4 Å². The fourth-order valence-electron chi connectivity index (χ4n) is 2.66. The molecule has 8 nitrogen and oxygen atoms in total. The standard InChI is InChI=1S/C18H19N5O3/c1-12-10-20-14(11-19-12)15(24)22-23-16(25)18(2,21-17(23)26)9-8-13-6-4-3-5-7-13/h3-7,10-11H,8-9H2,1-2H3,(H,21,26)(H,22,24). The SMILES string of the molecule is Cc1cnc(C(=O)NN2C(=O)NC(C)(CCc3ccccc3)C2=O)cn1. The Morgan fingerprint density at radius 3 is 2.58 bits per heavy atom. The van der Waals surface area contributed by atoms with Crippen molar-refractivity contribution in [2.45, 2.75) is 32.2 Å². The summed E-state index contributed by atoms with van der Waals surface area (Å²) in [7, 11) is 0. The number of urea groups is 1. The number of benzene rings is 1. The van der Waals surface area contributed by atoms with Crippen LogP contribution in [0.5, 0.6) is 0 Å². The lowest BCUT2D eigenvalue weighted by Gasteiger charge is -2.21. The Hall–Kier alpha value is -3.29. The zero-order valence-electron chi connectivity index (χ0n) is 14.5. The summed E-state index contributed by atoms with van der Waals surface area (Å²) in [5.41, 5.74) is 2.96. The average molecular weight is 353 g/mol. The van der Waals surface area contributed by atoms with E-state index in [1.165, 1.54) is 12.4 Å². The van der Waals surface area contributed by atoms with E-state index in [-0.39, 0.29) is 5.69 Å². The molecule has 2 aromatic rings. The number of nitrogens with zero attached hydrogens (tertiary/aromatic N) is 3. The molecule has 0 aliphatic carbocycles. The predicted molar refractivity (Wildman–Crippen MR) is 92.8 cm³/mol. The highest BCUT2D eigenvalue weighted by Crippen LogP contribution is 2.22. The molecule has 134 valence electrons. The molecule has 0 spiro atoms. The fourth-order valence-corrected chi connectivity index (χ4v) is 2.66. The van der Waals surface area contributed by atoms with Gasteiger partial charge in [-0.15, -0.1) is 0 Å². The van der Waals surface area contributed by atoms with E-state index in [2.05, 4.69) is 20.7 Å². The number of carbonyl (C=O) groups excluding carboxylic acids is 3. The summed E-state index contributed by atoms with van der Waals surface area (Å²) in [6.07, 6.45) is 3.76.